The Labute approximate surface area is 77.1 Å². The quantitative estimate of drug-likeness (QED) is 0.420. The van der Waals surface area contributed by atoms with Crippen LogP contribution in [0.4, 0.5) is 0 Å². The van der Waals surface area contributed by atoms with E-state index in [4.69, 9.17) is 4.55 Å². The monoisotopic (exact) mass is 208 g/mol. The molecule has 0 atom stereocenters. The molecule has 0 aliphatic rings. The normalized spacial score (nSPS) is 13.2. The van der Waals surface area contributed by atoms with E-state index in [1.54, 1.807) is 6.92 Å². The van der Waals surface area contributed by atoms with Crippen LogP contribution in [0.3, 0.4) is 0 Å². The first-order valence-corrected chi connectivity index (χ1v) is 4.97. The van der Waals surface area contributed by atoms with Crippen LogP contribution in [0.5, 0.6) is 0 Å². The number of esters is 1. The summed E-state index contributed by atoms with van der Waals surface area (Å²) in [6.45, 7) is 3.76. The van der Waals surface area contributed by atoms with Crippen molar-refractivity contribution in [1.29, 1.82) is 0 Å². The van der Waals surface area contributed by atoms with Gasteiger partial charge in [0, 0.05) is 6.08 Å². The number of ether oxygens (including phenoxy) is 1. The molecule has 0 aliphatic carbocycles. The zero-order valence-corrected chi connectivity index (χ0v) is 8.46. The van der Waals surface area contributed by atoms with E-state index in [0.717, 1.165) is 19.9 Å². The molecule has 76 valence electrons. The molecule has 0 saturated carbocycles. The van der Waals surface area contributed by atoms with Crippen LogP contribution in [0.1, 0.15) is 20.8 Å². The highest BCUT2D eigenvalue weighted by molar-refractivity contribution is 7.87. The van der Waals surface area contributed by atoms with Gasteiger partial charge in [0.1, 0.15) is 0 Å². The number of hydrogen-bond donors (Lipinski definition) is 1. The fraction of sp³-hybridized carbons (Fsp3) is 0.571. The SMILES string of the molecule is CC=CC(=O)OC(C)(C)S(=O)(=O)O. The molecule has 0 aliphatic heterocycles. The third-order valence-corrected chi connectivity index (χ3v) is 2.60. The molecule has 0 saturated heterocycles. The van der Waals surface area contributed by atoms with E-state index in [1.807, 2.05) is 0 Å². The maximum Gasteiger partial charge on any atom is 0.332 e. The summed E-state index contributed by atoms with van der Waals surface area (Å²) in [7, 11) is -4.39. The van der Waals surface area contributed by atoms with Gasteiger partial charge < -0.3 is 4.74 Å². The van der Waals surface area contributed by atoms with Crippen molar-refractivity contribution in [3.63, 3.8) is 0 Å². The van der Waals surface area contributed by atoms with Crippen molar-refractivity contribution in [2.45, 2.75) is 25.7 Å². The Morgan fingerprint density at radius 1 is 1.46 bits per heavy atom. The molecule has 0 unspecified atom stereocenters. The fourth-order valence-electron chi connectivity index (χ4n) is 0.465. The molecule has 0 heterocycles. The summed E-state index contributed by atoms with van der Waals surface area (Å²) < 4.78 is 34.4. The predicted molar refractivity (Wildman–Crippen MR) is 46.5 cm³/mol. The van der Waals surface area contributed by atoms with Gasteiger partial charge >= 0.3 is 16.1 Å². The lowest BCUT2D eigenvalue weighted by Gasteiger charge is -2.20. The highest BCUT2D eigenvalue weighted by Crippen LogP contribution is 2.16. The van der Waals surface area contributed by atoms with Gasteiger partial charge in [-0.1, -0.05) is 6.08 Å². The van der Waals surface area contributed by atoms with Gasteiger partial charge in [-0.05, 0) is 20.8 Å². The topological polar surface area (TPSA) is 80.7 Å². The Kier molecular flexibility index (Phi) is 3.62. The van der Waals surface area contributed by atoms with Crippen molar-refractivity contribution in [2.24, 2.45) is 0 Å². The molecule has 1 N–H and O–H groups in total. The Balaban J connectivity index is 4.63. The van der Waals surface area contributed by atoms with E-state index in [-0.39, 0.29) is 0 Å². The molecule has 0 spiro atoms. The summed E-state index contributed by atoms with van der Waals surface area (Å²) in [6, 6.07) is 0. The van der Waals surface area contributed by atoms with E-state index in [0.29, 0.717) is 0 Å². The van der Waals surface area contributed by atoms with Crippen molar-refractivity contribution in [2.75, 3.05) is 0 Å². The lowest BCUT2D eigenvalue weighted by atomic mass is 10.4. The molecule has 5 nitrogen and oxygen atoms in total. The molecule has 13 heavy (non-hydrogen) atoms. The van der Waals surface area contributed by atoms with Crippen LogP contribution in [0, 0.1) is 0 Å². The highest BCUT2D eigenvalue weighted by atomic mass is 32.2. The lowest BCUT2D eigenvalue weighted by Crippen LogP contribution is -2.36. The first-order valence-electron chi connectivity index (χ1n) is 3.53. The van der Waals surface area contributed by atoms with Gasteiger partial charge in [0.05, 0.1) is 0 Å². The zero-order chi connectivity index (χ0) is 10.7. The van der Waals surface area contributed by atoms with Gasteiger partial charge in [0.15, 0.2) is 0 Å². The molecule has 0 radical (unpaired) electrons. The number of carbonyl (C=O) groups is 1. The van der Waals surface area contributed by atoms with Gasteiger partial charge in [-0.15, -0.1) is 0 Å². The second kappa shape index (κ2) is 3.89. The van der Waals surface area contributed by atoms with Crippen LogP contribution in [0.25, 0.3) is 0 Å². The molecule has 0 amide bonds. The third kappa shape index (κ3) is 3.56. The standard InChI is InChI=1S/C7H12O5S/c1-4-5-6(8)12-7(2,3)13(9,10)11/h4-5H,1-3H3,(H,9,10,11). The molecule has 0 bridgehead atoms. The lowest BCUT2D eigenvalue weighted by molar-refractivity contribution is -0.144. The summed E-state index contributed by atoms with van der Waals surface area (Å²) in [4.78, 5) is 8.91. The molecular weight excluding hydrogens is 196 g/mol. The molecular formula is C7H12O5S. The van der Waals surface area contributed by atoms with Gasteiger partial charge in [0.2, 0.25) is 4.93 Å². The molecule has 0 rings (SSSR count). The van der Waals surface area contributed by atoms with Crippen molar-refractivity contribution in [3.05, 3.63) is 12.2 Å². The Hall–Kier alpha value is -0.880. The van der Waals surface area contributed by atoms with Crippen LogP contribution < -0.4 is 0 Å². The average Bonchev–Trinajstić information content (AvgIpc) is 1.83. The van der Waals surface area contributed by atoms with Gasteiger partial charge in [-0.3, -0.25) is 4.55 Å². The van der Waals surface area contributed by atoms with Gasteiger partial charge in [0.25, 0.3) is 0 Å². The van der Waals surface area contributed by atoms with Crippen LogP contribution in [0.15, 0.2) is 12.2 Å². The molecule has 0 aromatic heterocycles. The van der Waals surface area contributed by atoms with E-state index in [9.17, 15) is 13.2 Å². The maximum absolute atomic E-state index is 10.8. The van der Waals surface area contributed by atoms with Crippen molar-refractivity contribution in [3.8, 4) is 0 Å². The zero-order valence-electron chi connectivity index (χ0n) is 7.64. The number of hydrogen-bond acceptors (Lipinski definition) is 4. The average molecular weight is 208 g/mol. The summed E-state index contributed by atoms with van der Waals surface area (Å²) in [5.74, 6) is -0.815. The van der Waals surface area contributed by atoms with Crippen LogP contribution >= 0.6 is 0 Å². The number of carbonyl (C=O) groups excluding carboxylic acids is 1. The van der Waals surface area contributed by atoms with E-state index in [1.165, 1.54) is 6.08 Å². The predicted octanol–water partition coefficient (Wildman–Crippen LogP) is 0.730. The molecule has 0 aromatic carbocycles. The molecule has 6 heteroatoms. The number of rotatable bonds is 3. The summed E-state index contributed by atoms with van der Waals surface area (Å²) in [5, 5.41) is 0. The van der Waals surface area contributed by atoms with Crippen molar-refractivity contribution < 1.29 is 22.5 Å². The van der Waals surface area contributed by atoms with E-state index >= 15 is 0 Å². The fourth-order valence-corrected chi connectivity index (χ4v) is 0.652. The van der Waals surface area contributed by atoms with Crippen LogP contribution in [-0.2, 0) is 19.6 Å². The van der Waals surface area contributed by atoms with Crippen LogP contribution in [-0.4, -0.2) is 23.9 Å². The molecule has 0 fully saturated rings. The van der Waals surface area contributed by atoms with Crippen molar-refractivity contribution in [1.82, 2.24) is 0 Å². The minimum absolute atomic E-state index is 0.815. The van der Waals surface area contributed by atoms with Gasteiger partial charge in [-0.2, -0.15) is 8.42 Å². The first-order chi connectivity index (χ1) is 5.70. The first kappa shape index (κ1) is 12.1. The Bertz CT molecular complexity index is 312. The number of allylic oxidation sites excluding steroid dienone is 1. The summed E-state index contributed by atoms with van der Waals surface area (Å²) in [5.41, 5.74) is 0. The summed E-state index contributed by atoms with van der Waals surface area (Å²) >= 11 is 0. The Morgan fingerprint density at radius 2 is 1.92 bits per heavy atom. The Morgan fingerprint density at radius 3 is 2.23 bits per heavy atom. The molecule has 0 aromatic rings. The van der Waals surface area contributed by atoms with E-state index in [2.05, 4.69) is 4.74 Å². The minimum atomic E-state index is -4.39. The highest BCUT2D eigenvalue weighted by Gasteiger charge is 2.36. The van der Waals surface area contributed by atoms with Gasteiger partial charge in [-0.25, -0.2) is 4.79 Å². The largest absolute Gasteiger partial charge is 0.437 e. The van der Waals surface area contributed by atoms with Crippen LogP contribution in [0.2, 0.25) is 0 Å². The third-order valence-electron chi connectivity index (χ3n) is 1.27. The second-order valence-electron chi connectivity index (χ2n) is 2.80. The van der Waals surface area contributed by atoms with E-state index < -0.39 is 21.0 Å². The van der Waals surface area contributed by atoms with Crippen molar-refractivity contribution >= 4 is 16.1 Å². The smallest absolute Gasteiger partial charge is 0.332 e. The minimum Gasteiger partial charge on any atom is -0.437 e. The maximum atomic E-state index is 10.8. The second-order valence-corrected chi connectivity index (χ2v) is 4.73. The summed E-state index contributed by atoms with van der Waals surface area (Å²) in [6.07, 6.45) is 2.47.